The number of hydroxylamine groups is 2. The largest absolute Gasteiger partial charge is 0.443 e. The Labute approximate surface area is 90.5 Å². The summed E-state index contributed by atoms with van der Waals surface area (Å²) in [5.74, 6) is 0. The molecule has 7 atom stereocenters. The van der Waals surface area contributed by atoms with Crippen LogP contribution in [0.1, 0.15) is 0 Å². The minimum absolute atomic E-state index is 0.278. The highest BCUT2D eigenvalue weighted by atomic mass is 17.0. The lowest BCUT2D eigenvalue weighted by molar-refractivity contribution is -0.565. The number of carbonyl (C=O) groups is 1. The number of rotatable bonds is 3. The minimum Gasteiger partial charge on any atom is -0.443 e. The maximum Gasteiger partial charge on any atom is 0.294 e. The van der Waals surface area contributed by atoms with Crippen molar-refractivity contribution in [1.82, 2.24) is 5.06 Å². The smallest absolute Gasteiger partial charge is 0.294 e. The highest BCUT2D eigenvalue weighted by molar-refractivity contribution is 5.37. The Bertz CT molecular complexity index is 300. The summed E-state index contributed by atoms with van der Waals surface area (Å²) >= 11 is 0. The molecule has 4 aliphatic heterocycles. The Morgan fingerprint density at radius 1 is 1.38 bits per heavy atom. The van der Waals surface area contributed by atoms with Crippen LogP contribution < -0.4 is 0 Å². The highest BCUT2D eigenvalue weighted by Crippen LogP contribution is 2.40. The molecule has 0 aromatic rings. The van der Waals surface area contributed by atoms with Gasteiger partial charge in [-0.25, -0.2) is 4.84 Å². The van der Waals surface area contributed by atoms with Crippen LogP contribution in [0.15, 0.2) is 0 Å². The molecule has 0 aromatic heterocycles. The molecule has 0 radical (unpaired) electrons. The molecule has 16 heavy (non-hydrogen) atoms. The maximum atomic E-state index is 10.4. The van der Waals surface area contributed by atoms with Gasteiger partial charge in [0.25, 0.3) is 12.9 Å². The number of aliphatic hydroxyl groups excluding tert-OH is 1. The topological polar surface area (TPSA) is 86.7 Å². The van der Waals surface area contributed by atoms with Crippen molar-refractivity contribution < 1.29 is 33.7 Å². The van der Waals surface area contributed by atoms with Gasteiger partial charge in [-0.05, 0) is 0 Å². The van der Waals surface area contributed by atoms with Gasteiger partial charge in [-0.1, -0.05) is 0 Å². The summed E-state index contributed by atoms with van der Waals surface area (Å²) in [6.07, 6.45) is -3.48. The van der Waals surface area contributed by atoms with Crippen molar-refractivity contribution >= 4 is 6.47 Å². The van der Waals surface area contributed by atoms with Crippen molar-refractivity contribution in [3.05, 3.63) is 0 Å². The number of carbonyl (C=O) groups excluding carboxylic acids is 1. The van der Waals surface area contributed by atoms with Crippen LogP contribution in [-0.4, -0.2) is 61.0 Å². The summed E-state index contributed by atoms with van der Waals surface area (Å²) in [5.41, 5.74) is 0. The minimum atomic E-state index is -1.05. The summed E-state index contributed by atoms with van der Waals surface area (Å²) in [7, 11) is 1.47. The zero-order valence-corrected chi connectivity index (χ0v) is 8.39. The van der Waals surface area contributed by atoms with Gasteiger partial charge >= 0.3 is 0 Å². The molecule has 4 aliphatic rings. The van der Waals surface area contributed by atoms with Crippen LogP contribution >= 0.6 is 0 Å². The standard InChI is InChI=1S/C8H11NO7/c1-12-3-4-6(11)9-7(13-2-10)5(3)15-8(14-4)16-9/h2-8,11H,1H3. The summed E-state index contributed by atoms with van der Waals surface area (Å²) in [6, 6.07) is 0. The van der Waals surface area contributed by atoms with Gasteiger partial charge in [-0.3, -0.25) is 4.79 Å². The summed E-state index contributed by atoms with van der Waals surface area (Å²) in [4.78, 5) is 15.5. The number of ether oxygens (including phenoxy) is 4. The second kappa shape index (κ2) is 3.62. The highest BCUT2D eigenvalue weighted by Gasteiger charge is 2.62. The Kier molecular flexibility index (Phi) is 2.35. The third-order valence-corrected chi connectivity index (χ3v) is 2.95. The van der Waals surface area contributed by atoms with Gasteiger partial charge in [-0.15, -0.1) is 5.06 Å². The molecule has 0 spiro atoms. The third-order valence-electron chi connectivity index (χ3n) is 2.95. The quantitative estimate of drug-likeness (QED) is 0.568. The van der Waals surface area contributed by atoms with Crippen LogP contribution in [0.3, 0.4) is 0 Å². The normalized spacial score (nSPS) is 54.0. The number of methoxy groups -OCH3 is 1. The number of hydrogen-bond donors (Lipinski definition) is 1. The van der Waals surface area contributed by atoms with Crippen molar-refractivity contribution in [3.63, 3.8) is 0 Å². The summed E-state index contributed by atoms with van der Waals surface area (Å²) in [5, 5.41) is 11.0. The van der Waals surface area contributed by atoms with Gasteiger partial charge in [0.15, 0.2) is 6.23 Å². The summed E-state index contributed by atoms with van der Waals surface area (Å²) in [6.45, 7) is -0.601. The first-order valence-electron chi connectivity index (χ1n) is 4.82. The van der Waals surface area contributed by atoms with E-state index in [4.69, 9.17) is 23.8 Å². The first-order chi connectivity index (χ1) is 7.76. The van der Waals surface area contributed by atoms with Gasteiger partial charge in [0.05, 0.1) is 0 Å². The molecular formula is C8H11NO7. The van der Waals surface area contributed by atoms with Gasteiger partial charge in [0, 0.05) is 7.11 Å². The Hall–Kier alpha value is -0.770. The van der Waals surface area contributed by atoms with Crippen LogP contribution in [0.4, 0.5) is 0 Å². The zero-order chi connectivity index (χ0) is 11.3. The number of nitrogens with zero attached hydrogens (tertiary/aromatic N) is 1. The SMILES string of the molecule is COC1C2OC3OC1C(OC=O)N(O3)C2O. The molecule has 0 aliphatic carbocycles. The molecule has 0 amide bonds. The molecule has 4 saturated heterocycles. The fourth-order valence-electron chi connectivity index (χ4n) is 2.27. The van der Waals surface area contributed by atoms with Crippen LogP contribution in [0, 0.1) is 0 Å². The van der Waals surface area contributed by atoms with Crippen LogP contribution in [0.25, 0.3) is 0 Å². The molecule has 8 heteroatoms. The lowest BCUT2D eigenvalue weighted by atomic mass is 9.98. The fraction of sp³-hybridized carbons (Fsp3) is 0.875. The molecule has 4 heterocycles. The second-order valence-corrected chi connectivity index (χ2v) is 3.69. The van der Waals surface area contributed by atoms with Crippen LogP contribution in [0.2, 0.25) is 0 Å². The zero-order valence-electron chi connectivity index (χ0n) is 8.39. The number of aliphatic hydroxyl groups is 1. The predicted molar refractivity (Wildman–Crippen MR) is 44.2 cm³/mol. The Balaban J connectivity index is 1.90. The van der Waals surface area contributed by atoms with Crippen molar-refractivity contribution in [2.24, 2.45) is 0 Å². The van der Waals surface area contributed by atoms with Gasteiger partial charge in [0.2, 0.25) is 6.23 Å². The number of piperidine rings is 1. The molecule has 7 unspecified atom stereocenters. The van der Waals surface area contributed by atoms with Gasteiger partial charge in [0.1, 0.15) is 18.3 Å². The Morgan fingerprint density at radius 3 is 2.81 bits per heavy atom. The molecule has 8 nitrogen and oxygen atoms in total. The molecular weight excluding hydrogens is 222 g/mol. The van der Waals surface area contributed by atoms with E-state index in [1.807, 2.05) is 0 Å². The van der Waals surface area contributed by atoms with E-state index in [-0.39, 0.29) is 6.47 Å². The average molecular weight is 233 g/mol. The molecule has 4 rings (SSSR count). The number of hydrogen-bond acceptors (Lipinski definition) is 8. The van der Waals surface area contributed by atoms with Crippen molar-refractivity contribution in [3.8, 4) is 0 Å². The first kappa shape index (κ1) is 10.4. The molecule has 90 valence electrons. The first-order valence-corrected chi connectivity index (χ1v) is 4.82. The Morgan fingerprint density at radius 2 is 2.12 bits per heavy atom. The fourth-order valence-corrected chi connectivity index (χ4v) is 2.27. The monoisotopic (exact) mass is 233 g/mol. The lowest BCUT2D eigenvalue weighted by Gasteiger charge is -2.57. The third kappa shape index (κ3) is 1.22. The van der Waals surface area contributed by atoms with E-state index < -0.39 is 37.2 Å². The van der Waals surface area contributed by atoms with E-state index in [1.165, 1.54) is 7.11 Å². The molecule has 4 bridgehead atoms. The van der Waals surface area contributed by atoms with Gasteiger partial charge in [-0.2, -0.15) is 0 Å². The summed E-state index contributed by atoms with van der Waals surface area (Å²) < 4.78 is 20.6. The van der Waals surface area contributed by atoms with E-state index in [0.29, 0.717) is 0 Å². The predicted octanol–water partition coefficient (Wildman–Crippen LogP) is -1.85. The maximum absolute atomic E-state index is 10.4. The van der Waals surface area contributed by atoms with E-state index in [9.17, 15) is 9.90 Å². The van der Waals surface area contributed by atoms with E-state index in [0.717, 1.165) is 5.06 Å². The van der Waals surface area contributed by atoms with Crippen molar-refractivity contribution in [2.45, 2.75) is 37.2 Å². The van der Waals surface area contributed by atoms with E-state index in [1.54, 1.807) is 0 Å². The van der Waals surface area contributed by atoms with Crippen LogP contribution in [0.5, 0.6) is 0 Å². The molecule has 0 aromatic carbocycles. The van der Waals surface area contributed by atoms with Crippen molar-refractivity contribution in [1.29, 1.82) is 0 Å². The van der Waals surface area contributed by atoms with Crippen molar-refractivity contribution in [2.75, 3.05) is 7.11 Å². The lowest BCUT2D eigenvalue weighted by Crippen LogP contribution is -2.77. The second-order valence-electron chi connectivity index (χ2n) is 3.69. The van der Waals surface area contributed by atoms with Crippen LogP contribution in [-0.2, 0) is 28.6 Å². The van der Waals surface area contributed by atoms with E-state index >= 15 is 0 Å². The van der Waals surface area contributed by atoms with Gasteiger partial charge < -0.3 is 24.1 Å². The molecule has 4 fully saturated rings. The molecule has 0 saturated carbocycles. The van der Waals surface area contributed by atoms with E-state index in [2.05, 4.69) is 0 Å². The molecule has 1 N–H and O–H groups in total. The average Bonchev–Trinajstić information content (AvgIpc) is 2.29.